The third-order valence-corrected chi connectivity index (χ3v) is 9.83. The Hall–Kier alpha value is -4.57. The van der Waals surface area contributed by atoms with E-state index < -0.39 is 15.3 Å². The monoisotopic (exact) mass is 613 g/mol. The Kier molecular flexibility index (Phi) is 8.82. The highest BCUT2D eigenvalue weighted by Gasteiger charge is 2.43. The third-order valence-electron chi connectivity index (χ3n) is 8.08. The van der Waals surface area contributed by atoms with Gasteiger partial charge in [-0.3, -0.25) is 9.59 Å². The Labute approximate surface area is 257 Å². The zero-order valence-electron chi connectivity index (χ0n) is 25.2. The van der Waals surface area contributed by atoms with Crippen molar-refractivity contribution in [1.82, 2.24) is 9.97 Å². The summed E-state index contributed by atoms with van der Waals surface area (Å²) in [5, 5.41) is 2.84. The standard InChI is InChI=1S/C34H35N3O6S/c1-5-44(40,41)26-14-10-23(11-15-26)20-30(38)37-29-19-22(2)31-28(36-29)16-17-34(3,32(31)39)27-7-6-18-35-33(27)43-21-24-8-12-25(42-4)13-9-24/h6-15,18-19H,5,16-17,20-21H2,1-4H3,(H,36,37,38). The molecule has 1 unspecified atom stereocenters. The molecule has 1 aliphatic carbocycles. The lowest BCUT2D eigenvalue weighted by Gasteiger charge is -2.34. The van der Waals surface area contributed by atoms with E-state index in [0.29, 0.717) is 48.0 Å². The highest BCUT2D eigenvalue weighted by atomic mass is 32.2. The number of sulfone groups is 1. The van der Waals surface area contributed by atoms with Crippen LogP contribution in [0.2, 0.25) is 0 Å². The van der Waals surface area contributed by atoms with Gasteiger partial charge in [-0.25, -0.2) is 18.4 Å². The smallest absolute Gasteiger partial charge is 0.229 e. The van der Waals surface area contributed by atoms with Crippen molar-refractivity contribution in [2.45, 2.75) is 57.0 Å². The minimum Gasteiger partial charge on any atom is -0.497 e. The molecule has 2 heterocycles. The number of nitrogens with zero attached hydrogens (tertiary/aromatic N) is 2. The predicted octanol–water partition coefficient (Wildman–Crippen LogP) is 5.43. The number of aromatic nitrogens is 2. The fourth-order valence-corrected chi connectivity index (χ4v) is 6.35. The number of ether oxygens (including phenoxy) is 2. The molecule has 2 aromatic heterocycles. The molecule has 44 heavy (non-hydrogen) atoms. The summed E-state index contributed by atoms with van der Waals surface area (Å²) in [6, 6.07) is 19.3. The lowest BCUT2D eigenvalue weighted by molar-refractivity contribution is -0.115. The van der Waals surface area contributed by atoms with Gasteiger partial charge in [-0.1, -0.05) is 37.3 Å². The Morgan fingerprint density at radius 1 is 1.05 bits per heavy atom. The molecular weight excluding hydrogens is 578 g/mol. The minimum absolute atomic E-state index is 0.0135. The van der Waals surface area contributed by atoms with Crippen LogP contribution in [0.5, 0.6) is 11.6 Å². The Morgan fingerprint density at radius 2 is 1.75 bits per heavy atom. The molecule has 0 saturated heterocycles. The lowest BCUT2D eigenvalue weighted by Crippen LogP contribution is -2.39. The van der Waals surface area contributed by atoms with E-state index in [1.807, 2.05) is 50.2 Å². The molecule has 0 aliphatic heterocycles. The number of ketones is 1. The number of Topliss-reactive ketones (excluding diaryl/α,β-unsaturated/α-hetero) is 1. The number of benzene rings is 2. The zero-order chi connectivity index (χ0) is 31.5. The van der Waals surface area contributed by atoms with Crippen LogP contribution in [0.4, 0.5) is 5.82 Å². The number of hydrogen-bond donors (Lipinski definition) is 1. The van der Waals surface area contributed by atoms with Crippen LogP contribution in [0.25, 0.3) is 0 Å². The van der Waals surface area contributed by atoms with Crippen molar-refractivity contribution in [2.75, 3.05) is 18.2 Å². The SMILES string of the molecule is CCS(=O)(=O)c1ccc(CC(=O)Nc2cc(C)c3c(n2)CCC(C)(c2cccnc2OCc2ccc(OC)cc2)C3=O)cc1. The van der Waals surface area contributed by atoms with Gasteiger partial charge in [0, 0.05) is 17.3 Å². The second kappa shape index (κ2) is 12.6. The molecule has 2 aromatic carbocycles. The number of amides is 1. The van der Waals surface area contributed by atoms with Crippen molar-refractivity contribution in [3.63, 3.8) is 0 Å². The summed E-state index contributed by atoms with van der Waals surface area (Å²) in [7, 11) is -1.69. The number of aryl methyl sites for hydroxylation is 2. The van der Waals surface area contributed by atoms with Crippen molar-refractivity contribution >= 4 is 27.3 Å². The van der Waals surface area contributed by atoms with E-state index in [0.717, 1.165) is 22.4 Å². The predicted molar refractivity (Wildman–Crippen MR) is 167 cm³/mol. The van der Waals surface area contributed by atoms with Crippen LogP contribution in [0.1, 0.15) is 58.6 Å². The third kappa shape index (κ3) is 6.35. The van der Waals surface area contributed by atoms with Gasteiger partial charge in [0.2, 0.25) is 11.8 Å². The average Bonchev–Trinajstić information content (AvgIpc) is 3.02. The van der Waals surface area contributed by atoms with Gasteiger partial charge in [0.15, 0.2) is 15.6 Å². The summed E-state index contributed by atoms with van der Waals surface area (Å²) in [6.07, 6.45) is 2.74. The van der Waals surface area contributed by atoms with E-state index in [1.165, 1.54) is 12.1 Å². The van der Waals surface area contributed by atoms with Gasteiger partial charge in [0.1, 0.15) is 18.2 Å². The average molecular weight is 614 g/mol. The van der Waals surface area contributed by atoms with E-state index in [4.69, 9.17) is 9.47 Å². The van der Waals surface area contributed by atoms with Gasteiger partial charge in [0.25, 0.3) is 0 Å². The summed E-state index contributed by atoms with van der Waals surface area (Å²) in [6.45, 7) is 5.65. The first kappa shape index (κ1) is 30.9. The zero-order valence-corrected chi connectivity index (χ0v) is 26.0. The second-order valence-electron chi connectivity index (χ2n) is 11.1. The summed E-state index contributed by atoms with van der Waals surface area (Å²) in [5.41, 5.74) is 3.39. The number of carbonyl (C=O) groups excluding carboxylic acids is 2. The molecule has 9 nitrogen and oxygen atoms in total. The summed E-state index contributed by atoms with van der Waals surface area (Å²) >= 11 is 0. The number of methoxy groups -OCH3 is 1. The lowest BCUT2D eigenvalue weighted by atomic mass is 9.68. The quantitative estimate of drug-likeness (QED) is 0.251. The fraction of sp³-hybridized carbons (Fsp3) is 0.294. The second-order valence-corrected chi connectivity index (χ2v) is 13.4. The van der Waals surface area contributed by atoms with Crippen LogP contribution in [0.15, 0.2) is 77.8 Å². The highest BCUT2D eigenvalue weighted by molar-refractivity contribution is 7.91. The molecule has 10 heteroatoms. The minimum atomic E-state index is -3.31. The maximum Gasteiger partial charge on any atom is 0.229 e. The molecule has 1 amide bonds. The molecule has 5 rings (SSSR count). The summed E-state index contributed by atoms with van der Waals surface area (Å²) in [4.78, 5) is 36.3. The van der Waals surface area contributed by atoms with Gasteiger partial charge in [-0.2, -0.15) is 0 Å². The molecule has 1 aliphatic rings. The van der Waals surface area contributed by atoms with Crippen LogP contribution >= 0.6 is 0 Å². The maximum absolute atomic E-state index is 14.1. The Morgan fingerprint density at radius 3 is 2.43 bits per heavy atom. The topological polar surface area (TPSA) is 125 Å². The van der Waals surface area contributed by atoms with Gasteiger partial charge in [0.05, 0.1) is 35.3 Å². The molecule has 0 bridgehead atoms. The van der Waals surface area contributed by atoms with Crippen LogP contribution in [-0.4, -0.2) is 42.9 Å². The molecule has 228 valence electrons. The number of nitrogens with one attached hydrogen (secondary N) is 1. The molecule has 1 atom stereocenters. The first-order chi connectivity index (χ1) is 21.0. The van der Waals surface area contributed by atoms with Crippen molar-refractivity contribution in [2.24, 2.45) is 0 Å². The summed E-state index contributed by atoms with van der Waals surface area (Å²) < 4.78 is 35.5. The number of fused-ring (bicyclic) bond motifs is 1. The largest absolute Gasteiger partial charge is 0.497 e. The number of hydrogen-bond acceptors (Lipinski definition) is 8. The fourth-order valence-electron chi connectivity index (χ4n) is 5.46. The van der Waals surface area contributed by atoms with E-state index in [2.05, 4.69) is 15.3 Å². The normalized spacial score (nSPS) is 16.2. The van der Waals surface area contributed by atoms with Crippen LogP contribution < -0.4 is 14.8 Å². The first-order valence-electron chi connectivity index (χ1n) is 14.4. The van der Waals surface area contributed by atoms with E-state index in [-0.39, 0.29) is 28.8 Å². The number of anilines is 1. The molecule has 4 aromatic rings. The number of rotatable bonds is 10. The molecule has 0 radical (unpaired) electrons. The van der Waals surface area contributed by atoms with Gasteiger partial charge < -0.3 is 14.8 Å². The van der Waals surface area contributed by atoms with Crippen molar-refractivity contribution in [3.8, 4) is 11.6 Å². The van der Waals surface area contributed by atoms with Gasteiger partial charge in [-0.15, -0.1) is 0 Å². The van der Waals surface area contributed by atoms with Crippen LogP contribution in [0, 0.1) is 6.92 Å². The number of pyridine rings is 2. The molecule has 0 saturated carbocycles. The van der Waals surface area contributed by atoms with E-state index >= 15 is 0 Å². The van der Waals surface area contributed by atoms with Crippen molar-refractivity contribution in [3.05, 3.63) is 106 Å². The Balaban J connectivity index is 1.31. The van der Waals surface area contributed by atoms with Crippen molar-refractivity contribution < 1.29 is 27.5 Å². The molecular formula is C34H35N3O6S. The van der Waals surface area contributed by atoms with Crippen LogP contribution in [-0.2, 0) is 39.5 Å². The molecule has 0 fully saturated rings. The van der Waals surface area contributed by atoms with E-state index in [9.17, 15) is 18.0 Å². The Bertz CT molecular complexity index is 1800. The molecule has 0 spiro atoms. The van der Waals surface area contributed by atoms with Crippen molar-refractivity contribution in [1.29, 1.82) is 0 Å². The highest BCUT2D eigenvalue weighted by Crippen LogP contribution is 2.42. The maximum atomic E-state index is 14.1. The van der Waals surface area contributed by atoms with Gasteiger partial charge in [-0.05, 0) is 79.8 Å². The van der Waals surface area contributed by atoms with Crippen LogP contribution in [0.3, 0.4) is 0 Å². The summed E-state index contributed by atoms with van der Waals surface area (Å²) in [5.74, 6) is 1.21. The van der Waals surface area contributed by atoms with Gasteiger partial charge >= 0.3 is 0 Å². The van der Waals surface area contributed by atoms with E-state index in [1.54, 1.807) is 38.4 Å². The first-order valence-corrected chi connectivity index (χ1v) is 16.1. The molecule has 1 N–H and O–H groups in total. The number of carbonyl (C=O) groups is 2.